The number of carboxylic acids is 1. The topological polar surface area (TPSA) is 98.7 Å². The molecule has 0 saturated carbocycles. The molecule has 1 heterocycles. The van der Waals surface area contributed by atoms with Crippen molar-refractivity contribution in [1.29, 1.82) is 0 Å². The predicted molar refractivity (Wildman–Crippen MR) is 72.3 cm³/mol. The summed E-state index contributed by atoms with van der Waals surface area (Å²) in [5.74, 6) is -1.28. The van der Waals surface area contributed by atoms with Crippen LogP contribution in [-0.2, 0) is 11.2 Å². The molecule has 4 N–H and O–H groups in total. The molecular formula is C12H18N2O4S. The van der Waals surface area contributed by atoms with E-state index in [0.717, 1.165) is 6.42 Å². The summed E-state index contributed by atoms with van der Waals surface area (Å²) in [4.78, 5) is 21.8. The van der Waals surface area contributed by atoms with Crippen molar-refractivity contribution in [3.05, 3.63) is 22.4 Å². The van der Waals surface area contributed by atoms with Crippen LogP contribution in [0.15, 0.2) is 16.8 Å². The first kappa shape index (κ1) is 15.5. The van der Waals surface area contributed by atoms with E-state index < -0.39 is 12.1 Å². The zero-order chi connectivity index (χ0) is 14.3. The summed E-state index contributed by atoms with van der Waals surface area (Å²) in [5, 5.41) is 26.7. The summed E-state index contributed by atoms with van der Waals surface area (Å²) in [6.45, 7) is 2.01. The van der Waals surface area contributed by atoms with Gasteiger partial charge in [0.05, 0.1) is 0 Å². The van der Waals surface area contributed by atoms with E-state index in [1.807, 2.05) is 23.8 Å². The number of aliphatic carboxylic acids is 1. The van der Waals surface area contributed by atoms with Crippen LogP contribution < -0.4 is 10.6 Å². The molecule has 6 nitrogen and oxygen atoms in total. The van der Waals surface area contributed by atoms with E-state index in [-0.39, 0.29) is 25.0 Å². The molecule has 0 bridgehead atoms. The maximum absolute atomic E-state index is 11.5. The molecule has 1 aromatic rings. The Morgan fingerprint density at radius 1 is 1.47 bits per heavy atom. The van der Waals surface area contributed by atoms with Gasteiger partial charge in [0.15, 0.2) is 6.10 Å². The standard InChI is InChI=1S/C12H18N2O4S/c1-8(6-9-3-5-19-7-9)14-12(18)13-4-2-10(15)11(16)17/h3,5,7-8,10,15H,2,4,6H2,1H3,(H,16,17)(H2,13,14,18)/t8?,10-/m0/s1. The molecule has 0 aliphatic rings. The molecule has 1 aromatic heterocycles. The Hall–Kier alpha value is -1.60. The van der Waals surface area contributed by atoms with E-state index in [2.05, 4.69) is 10.6 Å². The van der Waals surface area contributed by atoms with Crippen molar-refractivity contribution in [3.63, 3.8) is 0 Å². The van der Waals surface area contributed by atoms with E-state index in [1.54, 1.807) is 11.3 Å². The van der Waals surface area contributed by atoms with Gasteiger partial charge in [-0.15, -0.1) is 0 Å². The Morgan fingerprint density at radius 2 is 2.21 bits per heavy atom. The number of nitrogens with one attached hydrogen (secondary N) is 2. The minimum Gasteiger partial charge on any atom is -0.479 e. The van der Waals surface area contributed by atoms with E-state index in [4.69, 9.17) is 10.2 Å². The van der Waals surface area contributed by atoms with Gasteiger partial charge in [-0.3, -0.25) is 0 Å². The zero-order valence-electron chi connectivity index (χ0n) is 10.6. The highest BCUT2D eigenvalue weighted by atomic mass is 32.1. The lowest BCUT2D eigenvalue weighted by molar-refractivity contribution is -0.146. The third-order valence-electron chi connectivity index (χ3n) is 2.49. The third kappa shape index (κ3) is 6.21. The van der Waals surface area contributed by atoms with Crippen LogP contribution in [0.3, 0.4) is 0 Å². The number of rotatable bonds is 7. The number of thiophene rings is 1. The summed E-state index contributed by atoms with van der Waals surface area (Å²) in [6, 6.07) is 1.63. The molecule has 7 heteroatoms. The Balaban J connectivity index is 2.18. The van der Waals surface area contributed by atoms with Crippen LogP contribution in [0.1, 0.15) is 18.9 Å². The average molecular weight is 286 g/mol. The highest BCUT2D eigenvalue weighted by molar-refractivity contribution is 7.07. The lowest BCUT2D eigenvalue weighted by Crippen LogP contribution is -2.42. The molecule has 19 heavy (non-hydrogen) atoms. The number of amides is 2. The molecule has 0 radical (unpaired) electrons. The molecule has 106 valence electrons. The number of aliphatic hydroxyl groups is 1. The third-order valence-corrected chi connectivity index (χ3v) is 3.22. The first-order valence-corrected chi connectivity index (χ1v) is 6.89. The van der Waals surface area contributed by atoms with Gasteiger partial charge in [-0.05, 0) is 35.7 Å². The first-order valence-electron chi connectivity index (χ1n) is 5.95. The van der Waals surface area contributed by atoms with Gasteiger partial charge in [0.2, 0.25) is 0 Å². The second-order valence-electron chi connectivity index (χ2n) is 4.28. The van der Waals surface area contributed by atoms with E-state index >= 15 is 0 Å². The first-order chi connectivity index (χ1) is 8.99. The monoisotopic (exact) mass is 286 g/mol. The summed E-state index contributed by atoms with van der Waals surface area (Å²) in [5.41, 5.74) is 1.17. The molecule has 0 aromatic carbocycles. The Kier molecular flexibility index (Phi) is 6.31. The predicted octanol–water partition coefficient (Wildman–Crippen LogP) is 0.814. The number of aliphatic hydroxyl groups excluding tert-OH is 1. The minimum absolute atomic E-state index is 0.0122. The van der Waals surface area contributed by atoms with Gasteiger partial charge in [-0.2, -0.15) is 11.3 Å². The van der Waals surface area contributed by atoms with E-state index in [0.29, 0.717) is 0 Å². The van der Waals surface area contributed by atoms with Gasteiger partial charge in [0.25, 0.3) is 0 Å². The van der Waals surface area contributed by atoms with Crippen LogP contribution in [0, 0.1) is 0 Å². The summed E-state index contributed by atoms with van der Waals surface area (Å²) in [6.07, 6.45) is -0.709. The lowest BCUT2D eigenvalue weighted by Gasteiger charge is -2.14. The number of hydrogen-bond donors (Lipinski definition) is 4. The van der Waals surface area contributed by atoms with Crippen molar-refractivity contribution in [3.8, 4) is 0 Å². The highest BCUT2D eigenvalue weighted by Gasteiger charge is 2.13. The van der Waals surface area contributed by atoms with Crippen LogP contribution in [0.5, 0.6) is 0 Å². The molecule has 0 spiro atoms. The van der Waals surface area contributed by atoms with Gasteiger partial charge in [0, 0.05) is 19.0 Å². The molecule has 1 unspecified atom stereocenters. The molecule has 1 rings (SSSR count). The zero-order valence-corrected chi connectivity index (χ0v) is 11.4. The van der Waals surface area contributed by atoms with E-state index in [1.165, 1.54) is 5.56 Å². The quantitative estimate of drug-likeness (QED) is 0.596. The van der Waals surface area contributed by atoms with Crippen molar-refractivity contribution >= 4 is 23.3 Å². The molecule has 2 atom stereocenters. The van der Waals surface area contributed by atoms with Crippen molar-refractivity contribution < 1.29 is 19.8 Å². The summed E-state index contributed by atoms with van der Waals surface area (Å²) in [7, 11) is 0. The molecule has 0 aliphatic carbocycles. The van der Waals surface area contributed by atoms with Crippen molar-refractivity contribution in [1.82, 2.24) is 10.6 Å². The van der Waals surface area contributed by atoms with Crippen LogP contribution in [-0.4, -0.2) is 40.9 Å². The smallest absolute Gasteiger partial charge is 0.332 e. The fourth-order valence-corrected chi connectivity index (χ4v) is 2.22. The fourth-order valence-electron chi connectivity index (χ4n) is 1.53. The van der Waals surface area contributed by atoms with Gasteiger partial charge >= 0.3 is 12.0 Å². The van der Waals surface area contributed by atoms with Gasteiger partial charge < -0.3 is 20.8 Å². The van der Waals surface area contributed by atoms with Crippen LogP contribution in [0.25, 0.3) is 0 Å². The summed E-state index contributed by atoms with van der Waals surface area (Å²) < 4.78 is 0. The van der Waals surface area contributed by atoms with Gasteiger partial charge in [-0.1, -0.05) is 0 Å². The SMILES string of the molecule is CC(Cc1ccsc1)NC(=O)NCC[C@H](O)C(=O)O. The van der Waals surface area contributed by atoms with Crippen LogP contribution in [0.4, 0.5) is 4.79 Å². The molecule has 0 fully saturated rings. The largest absolute Gasteiger partial charge is 0.479 e. The minimum atomic E-state index is -1.44. The highest BCUT2D eigenvalue weighted by Crippen LogP contribution is 2.08. The average Bonchev–Trinajstić information content (AvgIpc) is 2.81. The summed E-state index contributed by atoms with van der Waals surface area (Å²) >= 11 is 1.61. The van der Waals surface area contributed by atoms with Gasteiger partial charge in [0.1, 0.15) is 0 Å². The second kappa shape index (κ2) is 7.75. The lowest BCUT2D eigenvalue weighted by atomic mass is 10.1. The van der Waals surface area contributed by atoms with E-state index in [9.17, 15) is 9.59 Å². The van der Waals surface area contributed by atoms with Crippen molar-refractivity contribution in [2.45, 2.75) is 31.9 Å². The van der Waals surface area contributed by atoms with Gasteiger partial charge in [-0.25, -0.2) is 9.59 Å². The maximum Gasteiger partial charge on any atom is 0.332 e. The fraction of sp³-hybridized carbons (Fsp3) is 0.500. The van der Waals surface area contributed by atoms with Crippen LogP contribution in [0.2, 0.25) is 0 Å². The number of carbonyl (C=O) groups excluding carboxylic acids is 1. The van der Waals surface area contributed by atoms with Crippen LogP contribution >= 0.6 is 11.3 Å². The number of carboxylic acid groups (broad SMARTS) is 1. The number of hydrogen-bond acceptors (Lipinski definition) is 4. The Bertz CT molecular complexity index is 408. The number of carbonyl (C=O) groups is 2. The second-order valence-corrected chi connectivity index (χ2v) is 5.06. The molecular weight excluding hydrogens is 268 g/mol. The Labute approximate surface area is 115 Å². The van der Waals surface area contributed by atoms with Crippen molar-refractivity contribution in [2.24, 2.45) is 0 Å². The number of urea groups is 1. The molecule has 2 amide bonds. The van der Waals surface area contributed by atoms with Crippen molar-refractivity contribution in [2.75, 3.05) is 6.54 Å². The maximum atomic E-state index is 11.5. The molecule has 0 saturated heterocycles. The normalized spacial score (nSPS) is 13.6. The molecule has 0 aliphatic heterocycles. The Morgan fingerprint density at radius 3 is 2.79 bits per heavy atom.